The van der Waals surface area contributed by atoms with Gasteiger partial charge in [0.1, 0.15) is 16.3 Å². The highest BCUT2D eigenvalue weighted by Gasteiger charge is 2.88. The number of alkyl halides is 4. The van der Waals surface area contributed by atoms with Gasteiger partial charge < -0.3 is 0 Å². The molecule has 0 spiro atoms. The maximum atomic E-state index is 13.9. The van der Waals surface area contributed by atoms with Crippen LogP contribution in [0.1, 0.15) is 20.7 Å². The third kappa shape index (κ3) is 4.04. The molecule has 2 aromatic rings. The Balaban J connectivity index is 1.59. The van der Waals surface area contributed by atoms with Crippen LogP contribution in [0.15, 0.2) is 52.5 Å². The van der Waals surface area contributed by atoms with Crippen LogP contribution in [0.25, 0.3) is 0 Å². The highest BCUT2D eigenvalue weighted by Crippen LogP contribution is 2.77. The largest absolute Gasteiger partial charge is 0.292 e. The number of nitro groups is 1. The van der Waals surface area contributed by atoms with Gasteiger partial charge in [-0.15, -0.1) is 23.2 Å². The van der Waals surface area contributed by atoms with Crippen LogP contribution in [-0.4, -0.2) is 59.1 Å². The zero-order chi connectivity index (χ0) is 30.4. The molecule has 0 radical (unpaired) electrons. The SMILES string of the molecule is O=C(CN(C(=O)c1ccc(Cl)cc1Cl)N1C(=O)[C@@H]2[C@@H](C1=O)[C@@]1(Cl)C(Cl)=C(Cl)[C@@]2(Cl)C1(Cl)Cl)c1ccc([N+](=O)[O-])cc1. The summed E-state index contributed by atoms with van der Waals surface area (Å²) in [7, 11) is 0. The summed E-state index contributed by atoms with van der Waals surface area (Å²) < 4.78 is -2.22. The molecule has 5 rings (SSSR count). The Morgan fingerprint density at radius 3 is 1.85 bits per heavy atom. The van der Waals surface area contributed by atoms with E-state index >= 15 is 0 Å². The molecule has 1 saturated heterocycles. The van der Waals surface area contributed by atoms with Crippen LogP contribution < -0.4 is 0 Å². The van der Waals surface area contributed by atoms with E-state index in [1.54, 1.807) is 0 Å². The van der Waals surface area contributed by atoms with Crippen molar-refractivity contribution in [2.45, 2.75) is 14.1 Å². The van der Waals surface area contributed by atoms with Crippen molar-refractivity contribution >= 4 is 122 Å². The summed E-state index contributed by atoms with van der Waals surface area (Å²) >= 11 is 51.4. The van der Waals surface area contributed by atoms with Gasteiger partial charge in [-0.05, 0) is 30.3 Å². The Morgan fingerprint density at radius 1 is 0.878 bits per heavy atom. The fourth-order valence-electron chi connectivity index (χ4n) is 5.25. The monoisotopic (exact) mass is 717 g/mol. The Hall–Kier alpha value is -1.82. The highest BCUT2D eigenvalue weighted by atomic mass is 35.5. The second kappa shape index (κ2) is 10.1. The van der Waals surface area contributed by atoms with Gasteiger partial charge in [0, 0.05) is 22.7 Å². The molecule has 2 aromatic carbocycles. The van der Waals surface area contributed by atoms with Crippen LogP contribution in [0.4, 0.5) is 5.69 Å². The number of hydrogen-bond acceptors (Lipinski definition) is 6. The van der Waals surface area contributed by atoms with Crippen LogP contribution >= 0.6 is 92.8 Å². The number of carbonyl (C=O) groups excluding carboxylic acids is 4. The number of halogens is 8. The van der Waals surface area contributed by atoms with E-state index in [9.17, 15) is 29.3 Å². The Kier molecular flexibility index (Phi) is 7.57. The van der Waals surface area contributed by atoms with E-state index in [2.05, 4.69) is 0 Å². The van der Waals surface area contributed by atoms with Crippen LogP contribution in [0.3, 0.4) is 0 Å². The van der Waals surface area contributed by atoms with E-state index < -0.39 is 60.9 Å². The third-order valence-electron chi connectivity index (χ3n) is 7.22. The summed E-state index contributed by atoms with van der Waals surface area (Å²) in [6.45, 7) is -0.890. The summed E-state index contributed by atoms with van der Waals surface area (Å²) in [5.41, 5.74) is -0.569. The normalized spacial score (nSPS) is 27.9. The lowest BCUT2D eigenvalue weighted by Gasteiger charge is -2.36. The summed E-state index contributed by atoms with van der Waals surface area (Å²) in [4.78, 5) is 61.0. The lowest BCUT2D eigenvalue weighted by Crippen LogP contribution is -2.56. The zero-order valence-electron chi connectivity index (χ0n) is 19.7. The number of non-ortho nitro benzene ring substituents is 1. The number of imide groups is 1. The molecule has 17 heteroatoms. The summed E-state index contributed by atoms with van der Waals surface area (Å²) in [6, 6.07) is 8.27. The van der Waals surface area contributed by atoms with Gasteiger partial charge in [0.25, 0.3) is 23.4 Å². The van der Waals surface area contributed by atoms with Crippen molar-refractivity contribution in [1.29, 1.82) is 0 Å². The van der Waals surface area contributed by atoms with Crippen molar-refractivity contribution in [3.63, 3.8) is 0 Å². The number of amides is 3. The number of hydrazine groups is 1. The number of Topliss-reactive ketones (excluding diaryl/α,β-unsaturated/α-hetero) is 1. The lowest BCUT2D eigenvalue weighted by molar-refractivity contribution is -0.384. The predicted octanol–water partition coefficient (Wildman–Crippen LogP) is 6.59. The topological polar surface area (TPSA) is 118 Å². The highest BCUT2D eigenvalue weighted by molar-refractivity contribution is 6.66. The molecule has 214 valence electrons. The van der Waals surface area contributed by atoms with E-state index in [1.807, 2.05) is 0 Å². The van der Waals surface area contributed by atoms with E-state index in [4.69, 9.17) is 92.8 Å². The van der Waals surface area contributed by atoms with Gasteiger partial charge in [0.05, 0.1) is 37.4 Å². The van der Waals surface area contributed by atoms with Crippen molar-refractivity contribution in [2.24, 2.45) is 11.8 Å². The first-order valence-electron chi connectivity index (χ1n) is 11.3. The predicted molar refractivity (Wildman–Crippen MR) is 154 cm³/mol. The van der Waals surface area contributed by atoms with Crippen LogP contribution in [0.5, 0.6) is 0 Å². The number of rotatable bonds is 6. The third-order valence-corrected chi connectivity index (χ3v) is 12.0. The molecule has 41 heavy (non-hydrogen) atoms. The summed E-state index contributed by atoms with van der Waals surface area (Å²) in [5, 5.41) is 11.3. The number of hydrogen-bond donors (Lipinski definition) is 0. The van der Waals surface area contributed by atoms with Crippen molar-refractivity contribution in [3.05, 3.63) is 83.8 Å². The first-order valence-corrected chi connectivity index (χ1v) is 14.3. The molecule has 1 heterocycles. The minimum Gasteiger partial charge on any atom is -0.292 e. The van der Waals surface area contributed by atoms with E-state index in [0.29, 0.717) is 10.0 Å². The maximum Gasteiger partial charge on any atom is 0.274 e. The minimum absolute atomic E-state index is 0.0640. The van der Waals surface area contributed by atoms with Gasteiger partial charge >= 0.3 is 0 Å². The molecule has 0 aromatic heterocycles. The quantitative estimate of drug-likeness (QED) is 0.109. The van der Waals surface area contributed by atoms with Gasteiger partial charge in [-0.2, -0.15) is 5.01 Å². The van der Waals surface area contributed by atoms with Gasteiger partial charge in [-0.3, -0.25) is 29.3 Å². The van der Waals surface area contributed by atoms with E-state index in [1.165, 1.54) is 18.2 Å². The first kappa shape index (κ1) is 30.6. The van der Waals surface area contributed by atoms with Crippen molar-refractivity contribution in [2.75, 3.05) is 6.54 Å². The molecule has 4 atom stereocenters. The minimum atomic E-state index is -2.22. The van der Waals surface area contributed by atoms with Crippen molar-refractivity contribution in [3.8, 4) is 0 Å². The molecule has 0 unspecified atom stereocenters. The maximum absolute atomic E-state index is 13.9. The number of allylic oxidation sites excluding steroid dienone is 2. The molecule has 3 amide bonds. The van der Waals surface area contributed by atoms with Gasteiger partial charge in [-0.1, -0.05) is 69.6 Å². The Labute approximate surface area is 270 Å². The second-order valence-electron chi connectivity index (χ2n) is 9.28. The van der Waals surface area contributed by atoms with Crippen LogP contribution in [0, 0.1) is 22.0 Å². The number of carbonyl (C=O) groups is 4. The summed E-state index contributed by atoms with van der Waals surface area (Å²) in [6.07, 6.45) is 0. The average Bonchev–Trinajstić information content (AvgIpc) is 3.30. The summed E-state index contributed by atoms with van der Waals surface area (Å²) in [5.74, 6) is -7.16. The molecule has 3 aliphatic rings. The molecule has 2 aliphatic carbocycles. The molecular formula is C24H11Cl8N3O6. The second-order valence-corrected chi connectivity index (χ2v) is 13.4. The molecule has 0 N–H and O–H groups in total. The molecule has 9 nitrogen and oxygen atoms in total. The van der Waals surface area contributed by atoms with Gasteiger partial charge in [0.2, 0.25) is 0 Å². The lowest BCUT2D eigenvalue weighted by atomic mass is 9.84. The van der Waals surface area contributed by atoms with Gasteiger partial charge in [0.15, 0.2) is 10.1 Å². The molecular weight excluding hydrogens is 710 g/mol. The smallest absolute Gasteiger partial charge is 0.274 e. The Bertz CT molecular complexity index is 1570. The molecule has 1 aliphatic heterocycles. The van der Waals surface area contributed by atoms with Gasteiger partial charge in [-0.25, -0.2) is 5.01 Å². The number of fused-ring (bicyclic) bond motifs is 5. The number of ketones is 1. The fraction of sp³-hybridized carbons (Fsp3) is 0.250. The van der Waals surface area contributed by atoms with Crippen LogP contribution in [0.2, 0.25) is 10.0 Å². The van der Waals surface area contributed by atoms with Crippen molar-refractivity contribution in [1.82, 2.24) is 10.0 Å². The number of nitro benzene ring substituents is 1. The molecule has 1 saturated carbocycles. The fourth-order valence-corrected chi connectivity index (χ4v) is 8.67. The first-order chi connectivity index (χ1) is 19.0. The van der Waals surface area contributed by atoms with Crippen LogP contribution in [-0.2, 0) is 9.59 Å². The Morgan fingerprint density at radius 2 is 1.39 bits per heavy atom. The molecule has 2 fully saturated rings. The van der Waals surface area contributed by atoms with E-state index in [0.717, 1.165) is 24.3 Å². The zero-order valence-corrected chi connectivity index (χ0v) is 25.8. The standard InChI is InChI=1S/C24H11Cl8N3O6/c25-10-3-6-12(13(26)7-10)19(37)33(8-14(36)9-1-4-11(5-2-9)35(40)41)34-20(38)15-16(21(34)39)23(30)18(28)17(27)22(15,29)24(23,31)32/h1-7,15-16H,8H2/t15-,16-,22+,23+/m0/s1. The van der Waals surface area contributed by atoms with Crippen molar-refractivity contribution < 1.29 is 24.1 Å². The number of benzene rings is 2. The molecule has 2 bridgehead atoms. The average molecular weight is 721 g/mol. The van der Waals surface area contributed by atoms with E-state index in [-0.39, 0.29) is 36.9 Å². The number of nitrogens with zero attached hydrogens (tertiary/aromatic N) is 3.